The molecule has 0 radical (unpaired) electrons. The number of furan rings is 1. The highest BCUT2D eigenvalue weighted by atomic mass is 16.3. The quantitative estimate of drug-likeness (QED) is 0.142. The number of nitrogens with zero attached hydrogens (tertiary/aromatic N) is 7. The lowest BCUT2D eigenvalue weighted by atomic mass is 9.72. The summed E-state index contributed by atoms with van der Waals surface area (Å²) in [5.41, 5.74) is 20.1. The van der Waals surface area contributed by atoms with Gasteiger partial charge in [0.05, 0.1) is 16.6 Å². The summed E-state index contributed by atoms with van der Waals surface area (Å²) in [5, 5.41) is 7.92. The zero-order valence-electron chi connectivity index (χ0n) is 45.4. The van der Waals surface area contributed by atoms with Crippen molar-refractivity contribution < 1.29 is 9.09 Å². The molecule has 0 fully saturated rings. The van der Waals surface area contributed by atoms with E-state index in [1.807, 2.05) is 48.5 Å². The minimum Gasteiger partial charge on any atom is -0.456 e. The summed E-state index contributed by atoms with van der Waals surface area (Å²) in [6, 6.07) is 88.7. The molecule has 10 aromatic carbocycles. The van der Waals surface area contributed by atoms with Gasteiger partial charge >= 0.3 is 0 Å². The zero-order chi connectivity index (χ0) is 54.6. The molecule has 388 valence electrons. The van der Waals surface area contributed by atoms with E-state index in [0.717, 1.165) is 89.0 Å². The van der Waals surface area contributed by atoms with Gasteiger partial charge in [-0.25, -0.2) is 4.98 Å². The van der Waals surface area contributed by atoms with Gasteiger partial charge in [-0.2, -0.15) is 9.97 Å². The third-order valence-corrected chi connectivity index (χ3v) is 16.8. The fourth-order valence-corrected chi connectivity index (χ4v) is 12.9. The Labute approximate surface area is 473 Å². The molecular formula is C74H52N7O+. The number of anilines is 2. The molecular weight excluding hydrogens is 1000 g/mol. The van der Waals surface area contributed by atoms with Crippen molar-refractivity contribution in [2.24, 2.45) is 0 Å². The summed E-state index contributed by atoms with van der Waals surface area (Å²) in [4.78, 5) is 15.9. The Morgan fingerprint density at radius 3 is 1.65 bits per heavy atom. The Morgan fingerprint density at radius 1 is 0.402 bits per heavy atom. The van der Waals surface area contributed by atoms with Crippen molar-refractivity contribution >= 4 is 66.0 Å². The third kappa shape index (κ3) is 7.38. The van der Waals surface area contributed by atoms with Crippen molar-refractivity contribution in [2.75, 3.05) is 5.01 Å². The number of fused-ring (bicyclic) bond motifs is 9. The van der Waals surface area contributed by atoms with E-state index in [1.54, 1.807) is 0 Å². The van der Waals surface area contributed by atoms with Crippen molar-refractivity contribution in [1.82, 2.24) is 24.1 Å². The highest BCUT2D eigenvalue weighted by Gasteiger charge is 2.41. The molecule has 0 saturated carbocycles. The minimum absolute atomic E-state index is 0.394. The predicted octanol–water partition coefficient (Wildman–Crippen LogP) is 18.0. The largest absolute Gasteiger partial charge is 0.456 e. The molecule has 0 aliphatic carbocycles. The highest BCUT2D eigenvalue weighted by molar-refractivity contribution is 6.12. The summed E-state index contributed by atoms with van der Waals surface area (Å²) in [6.45, 7) is 6.94. The van der Waals surface area contributed by atoms with Crippen LogP contribution in [0.5, 0.6) is 0 Å². The Balaban J connectivity index is 0.851. The molecule has 0 N–H and O–H groups in total. The minimum atomic E-state index is -0.394. The molecule has 6 heterocycles. The summed E-state index contributed by atoms with van der Waals surface area (Å²) in [6.07, 6.45) is 4.27. The molecule has 0 bridgehead atoms. The fourth-order valence-electron chi connectivity index (χ4n) is 12.9. The predicted molar refractivity (Wildman–Crippen MR) is 333 cm³/mol. The van der Waals surface area contributed by atoms with Crippen LogP contribution in [0.1, 0.15) is 30.7 Å². The molecule has 1 aliphatic rings. The third-order valence-electron chi connectivity index (χ3n) is 16.8. The van der Waals surface area contributed by atoms with Crippen LogP contribution in [0.4, 0.5) is 11.4 Å². The second-order valence-corrected chi connectivity index (χ2v) is 21.9. The number of para-hydroxylation sites is 3. The standard InChI is InChI=1S/C74H52N7O/c1-47-69(48-21-8-4-9-22-48)59-44-51(34-38-64(59)79(47)73-76-71(49-23-10-5-11-24-49)75-72(77-73)57-29-20-32-68-70(57)56-28-15-17-31-67(56)82-68)53-36-40-66-61(46-53)74(2,3)60-45-52(35-39-65(60)81(66)78-41-18-7-19-42-78)50-33-37-63-58(43-50)55-27-14-16-30-62(55)80(63)54-25-12-6-13-26-54/h4-46H,1-3H3/q+1. The van der Waals surface area contributed by atoms with Crippen LogP contribution in [0.15, 0.2) is 266 Å². The summed E-state index contributed by atoms with van der Waals surface area (Å²) < 4.78 is 13.2. The highest BCUT2D eigenvalue weighted by Crippen LogP contribution is 2.51. The second kappa shape index (κ2) is 18.4. The van der Waals surface area contributed by atoms with E-state index in [4.69, 9.17) is 19.4 Å². The number of hydrogen-bond acceptors (Lipinski definition) is 5. The molecule has 0 unspecified atom stereocenters. The maximum atomic E-state index is 6.38. The number of benzene rings is 10. The first-order chi connectivity index (χ1) is 40.3. The number of pyridine rings is 1. The lowest BCUT2D eigenvalue weighted by Gasteiger charge is -2.38. The lowest BCUT2D eigenvalue weighted by Crippen LogP contribution is -2.54. The Hall–Kier alpha value is -10.7. The van der Waals surface area contributed by atoms with Crippen LogP contribution in [0.3, 0.4) is 0 Å². The number of rotatable bonds is 8. The van der Waals surface area contributed by atoms with E-state index in [-0.39, 0.29) is 0 Å². The molecule has 8 heteroatoms. The van der Waals surface area contributed by atoms with E-state index >= 15 is 0 Å². The van der Waals surface area contributed by atoms with Crippen LogP contribution in [-0.2, 0) is 5.41 Å². The van der Waals surface area contributed by atoms with E-state index in [2.05, 4.69) is 252 Å². The van der Waals surface area contributed by atoms with Crippen LogP contribution in [-0.4, -0.2) is 24.1 Å². The average Bonchev–Trinajstić information content (AvgIpc) is 4.36. The van der Waals surface area contributed by atoms with Crippen molar-refractivity contribution in [3.8, 4) is 67.8 Å². The van der Waals surface area contributed by atoms with Crippen molar-refractivity contribution in [1.29, 1.82) is 0 Å². The molecule has 8 nitrogen and oxygen atoms in total. The normalized spacial score (nSPS) is 12.9. The van der Waals surface area contributed by atoms with Gasteiger partial charge in [-0.05, 0) is 125 Å². The summed E-state index contributed by atoms with van der Waals surface area (Å²) in [7, 11) is 0. The molecule has 1 aliphatic heterocycles. The Kier molecular flexibility index (Phi) is 10.6. The first-order valence-electron chi connectivity index (χ1n) is 27.9. The van der Waals surface area contributed by atoms with Gasteiger partial charge < -0.3 is 8.98 Å². The molecule has 15 aromatic rings. The number of hydrogen-bond donors (Lipinski definition) is 0. The van der Waals surface area contributed by atoms with Crippen molar-refractivity contribution in [3.63, 3.8) is 0 Å². The van der Waals surface area contributed by atoms with Gasteiger partial charge in [0, 0.05) is 72.6 Å². The number of aromatic nitrogens is 6. The maximum absolute atomic E-state index is 6.38. The van der Waals surface area contributed by atoms with Gasteiger partial charge in [0.1, 0.15) is 22.5 Å². The topological polar surface area (TPSA) is 68.8 Å². The summed E-state index contributed by atoms with van der Waals surface area (Å²) >= 11 is 0. The van der Waals surface area contributed by atoms with Crippen LogP contribution < -0.4 is 9.69 Å². The molecule has 82 heavy (non-hydrogen) atoms. The first-order valence-corrected chi connectivity index (χ1v) is 27.9. The van der Waals surface area contributed by atoms with Gasteiger partial charge in [-0.1, -0.05) is 176 Å². The maximum Gasteiger partial charge on any atom is 0.238 e. The smallest absolute Gasteiger partial charge is 0.238 e. The lowest BCUT2D eigenvalue weighted by molar-refractivity contribution is -0.676. The molecule has 5 aromatic heterocycles. The zero-order valence-corrected chi connectivity index (χ0v) is 45.4. The Morgan fingerprint density at radius 2 is 0.939 bits per heavy atom. The molecule has 0 amide bonds. The SMILES string of the molecule is Cc1c(-c2ccccc2)c2cc(-c3ccc4c(c3)C(C)(C)c3cc(-c5ccc6c(c5)c5ccccc5n6-c5ccccc5)ccc3N4[n+]3ccccc3)ccc2n1-c1nc(-c2ccccc2)nc(-c2cccc3oc4ccccc4c23)n1. The van der Waals surface area contributed by atoms with E-state index < -0.39 is 5.41 Å². The monoisotopic (exact) mass is 1050 g/mol. The van der Waals surface area contributed by atoms with Crippen molar-refractivity contribution in [2.45, 2.75) is 26.2 Å². The molecule has 0 saturated heterocycles. The second-order valence-electron chi connectivity index (χ2n) is 21.9. The van der Waals surface area contributed by atoms with Crippen molar-refractivity contribution in [3.05, 3.63) is 278 Å². The average molecular weight is 1060 g/mol. The molecule has 0 atom stereocenters. The van der Waals surface area contributed by atoms with Crippen LogP contribution in [0.25, 0.3) is 122 Å². The summed E-state index contributed by atoms with van der Waals surface area (Å²) in [5.74, 6) is 1.70. The van der Waals surface area contributed by atoms with E-state index in [9.17, 15) is 0 Å². The van der Waals surface area contributed by atoms with Gasteiger partial charge in [0.2, 0.25) is 18.3 Å². The van der Waals surface area contributed by atoms with Crippen LogP contribution in [0, 0.1) is 6.92 Å². The van der Waals surface area contributed by atoms with Crippen LogP contribution in [0.2, 0.25) is 0 Å². The van der Waals surface area contributed by atoms with Crippen LogP contribution >= 0.6 is 0 Å². The first kappa shape index (κ1) is 47.3. The van der Waals surface area contributed by atoms with E-state index in [1.165, 1.54) is 44.1 Å². The van der Waals surface area contributed by atoms with Gasteiger partial charge in [0.15, 0.2) is 11.6 Å². The van der Waals surface area contributed by atoms with Gasteiger partial charge in [-0.3, -0.25) is 4.57 Å². The Bertz CT molecular complexity index is 5020. The fraction of sp³-hybridized carbons (Fsp3) is 0.0541. The molecule has 0 spiro atoms. The van der Waals surface area contributed by atoms with Gasteiger partial charge in [0.25, 0.3) is 0 Å². The van der Waals surface area contributed by atoms with Gasteiger partial charge in [-0.15, -0.1) is 5.01 Å². The molecule has 16 rings (SSSR count). The van der Waals surface area contributed by atoms with E-state index in [0.29, 0.717) is 17.6 Å².